The Morgan fingerprint density at radius 1 is 1.12 bits per heavy atom. The Morgan fingerprint density at radius 2 is 1.71 bits per heavy atom. The molecule has 96 valence electrons. The zero-order valence-electron chi connectivity index (χ0n) is 10.7. The molecule has 1 aromatic carbocycles. The first kappa shape index (κ1) is 14.0. The maximum atomic E-state index is 11.3. The molecule has 0 aliphatic rings. The highest BCUT2D eigenvalue weighted by Gasteiger charge is 2.06. The van der Waals surface area contributed by atoms with Gasteiger partial charge in [-0.3, -0.25) is 0 Å². The fourth-order valence-corrected chi connectivity index (χ4v) is 2.48. The van der Waals surface area contributed by atoms with Crippen LogP contribution in [0.4, 0.5) is 0 Å². The van der Waals surface area contributed by atoms with E-state index in [9.17, 15) is 8.42 Å². The van der Waals surface area contributed by atoms with E-state index in [-0.39, 0.29) is 11.5 Å². The summed E-state index contributed by atoms with van der Waals surface area (Å²) in [6.45, 7) is 6.14. The molecule has 1 rings (SSSR count). The average Bonchev–Trinajstić information content (AvgIpc) is 2.23. The smallest absolute Gasteiger partial charge is 0.150 e. The van der Waals surface area contributed by atoms with Crippen LogP contribution in [0.25, 0.3) is 0 Å². The van der Waals surface area contributed by atoms with Gasteiger partial charge in [0.1, 0.15) is 15.6 Å². The molecule has 0 atom stereocenters. The van der Waals surface area contributed by atoms with Gasteiger partial charge in [0.05, 0.1) is 12.4 Å². The second-order valence-corrected chi connectivity index (χ2v) is 6.73. The fourth-order valence-electron chi connectivity index (χ4n) is 1.63. The Hall–Kier alpha value is -1.03. The van der Waals surface area contributed by atoms with Gasteiger partial charge in [-0.2, -0.15) is 0 Å². The van der Waals surface area contributed by atoms with Gasteiger partial charge in [-0.25, -0.2) is 8.42 Å². The van der Waals surface area contributed by atoms with E-state index in [1.807, 2.05) is 26.0 Å². The van der Waals surface area contributed by atoms with E-state index >= 15 is 0 Å². The van der Waals surface area contributed by atoms with E-state index in [4.69, 9.17) is 4.74 Å². The third-order valence-electron chi connectivity index (χ3n) is 2.50. The molecule has 0 bridgehead atoms. The molecule has 0 fully saturated rings. The Balaban J connectivity index is 2.41. The molecule has 17 heavy (non-hydrogen) atoms. The van der Waals surface area contributed by atoms with Crippen molar-refractivity contribution in [3.63, 3.8) is 0 Å². The number of ether oxygens (including phenoxy) is 1. The van der Waals surface area contributed by atoms with Crippen LogP contribution in [0.3, 0.4) is 0 Å². The van der Waals surface area contributed by atoms with E-state index in [2.05, 4.69) is 6.07 Å². The first-order valence-electron chi connectivity index (χ1n) is 5.84. The third kappa shape index (κ3) is 5.22. The van der Waals surface area contributed by atoms with Crippen LogP contribution in [-0.2, 0) is 9.84 Å². The monoisotopic (exact) mass is 256 g/mol. The first-order chi connectivity index (χ1) is 7.93. The van der Waals surface area contributed by atoms with Crippen LogP contribution in [-0.4, -0.2) is 26.5 Å². The van der Waals surface area contributed by atoms with Crippen molar-refractivity contribution in [3.05, 3.63) is 29.3 Å². The summed E-state index contributed by atoms with van der Waals surface area (Å²) in [5.74, 6) is 1.22. The minimum atomic E-state index is -2.87. The molecular weight excluding hydrogens is 236 g/mol. The van der Waals surface area contributed by atoms with E-state index in [1.165, 1.54) is 0 Å². The lowest BCUT2D eigenvalue weighted by Crippen LogP contribution is -2.11. The number of hydrogen-bond acceptors (Lipinski definition) is 3. The van der Waals surface area contributed by atoms with E-state index in [1.54, 1.807) is 6.92 Å². The van der Waals surface area contributed by atoms with E-state index < -0.39 is 9.84 Å². The minimum absolute atomic E-state index is 0.203. The predicted molar refractivity (Wildman–Crippen MR) is 70.4 cm³/mol. The molecule has 0 N–H and O–H groups in total. The summed E-state index contributed by atoms with van der Waals surface area (Å²) in [6, 6.07) is 6.00. The lowest BCUT2D eigenvalue weighted by molar-refractivity contribution is 0.317. The van der Waals surface area contributed by atoms with Crippen molar-refractivity contribution in [1.29, 1.82) is 0 Å². The number of hydrogen-bond donors (Lipinski definition) is 0. The normalized spacial score (nSPS) is 11.5. The Morgan fingerprint density at radius 3 is 2.24 bits per heavy atom. The van der Waals surface area contributed by atoms with E-state index in [0.29, 0.717) is 13.0 Å². The molecule has 0 saturated heterocycles. The molecule has 4 heteroatoms. The van der Waals surface area contributed by atoms with Crippen LogP contribution in [0.1, 0.15) is 24.5 Å². The van der Waals surface area contributed by atoms with Crippen molar-refractivity contribution < 1.29 is 13.2 Å². The predicted octanol–water partition coefficient (Wildman–Crippen LogP) is 2.51. The van der Waals surface area contributed by atoms with Crippen LogP contribution in [0.15, 0.2) is 18.2 Å². The van der Waals surface area contributed by atoms with Gasteiger partial charge < -0.3 is 4.74 Å². The van der Waals surface area contributed by atoms with Crippen LogP contribution in [0, 0.1) is 13.8 Å². The third-order valence-corrected chi connectivity index (χ3v) is 4.29. The molecule has 0 heterocycles. The molecule has 0 aliphatic carbocycles. The lowest BCUT2D eigenvalue weighted by atomic mass is 10.1. The molecule has 1 aromatic rings. The highest BCUT2D eigenvalue weighted by atomic mass is 32.2. The van der Waals surface area contributed by atoms with Crippen molar-refractivity contribution in [2.24, 2.45) is 0 Å². The number of aryl methyl sites for hydroxylation is 2. The van der Waals surface area contributed by atoms with Gasteiger partial charge in [-0.15, -0.1) is 0 Å². The summed E-state index contributed by atoms with van der Waals surface area (Å²) in [5, 5.41) is 0. The topological polar surface area (TPSA) is 43.4 Å². The first-order valence-corrected chi connectivity index (χ1v) is 7.66. The van der Waals surface area contributed by atoms with Gasteiger partial charge in [-0.05, 0) is 43.5 Å². The lowest BCUT2D eigenvalue weighted by Gasteiger charge is -2.08. The quantitative estimate of drug-likeness (QED) is 0.734. The highest BCUT2D eigenvalue weighted by molar-refractivity contribution is 7.91. The number of sulfone groups is 1. The van der Waals surface area contributed by atoms with Gasteiger partial charge in [0, 0.05) is 5.75 Å². The number of rotatable bonds is 6. The average molecular weight is 256 g/mol. The summed E-state index contributed by atoms with van der Waals surface area (Å²) in [7, 11) is -2.87. The summed E-state index contributed by atoms with van der Waals surface area (Å²) >= 11 is 0. The SMILES string of the molecule is CCS(=O)(=O)CCCOc1cc(C)cc(C)c1. The maximum Gasteiger partial charge on any atom is 0.150 e. The van der Waals surface area contributed by atoms with Crippen molar-refractivity contribution in [2.45, 2.75) is 27.2 Å². The van der Waals surface area contributed by atoms with Crippen LogP contribution in [0.2, 0.25) is 0 Å². The van der Waals surface area contributed by atoms with Crippen molar-refractivity contribution in [3.8, 4) is 5.75 Å². The Bertz CT molecular complexity index is 443. The molecule has 0 radical (unpaired) electrons. The van der Waals surface area contributed by atoms with Crippen molar-refractivity contribution in [2.75, 3.05) is 18.1 Å². The fraction of sp³-hybridized carbons (Fsp3) is 0.538. The van der Waals surface area contributed by atoms with Gasteiger partial charge in [0.2, 0.25) is 0 Å². The van der Waals surface area contributed by atoms with Crippen molar-refractivity contribution >= 4 is 9.84 Å². The van der Waals surface area contributed by atoms with Gasteiger partial charge in [0.25, 0.3) is 0 Å². The summed E-state index contributed by atoms with van der Waals surface area (Å²) < 4.78 is 28.1. The molecule has 0 aromatic heterocycles. The highest BCUT2D eigenvalue weighted by Crippen LogP contribution is 2.16. The van der Waals surface area contributed by atoms with Gasteiger partial charge in [-0.1, -0.05) is 13.0 Å². The molecule has 0 amide bonds. The standard InChI is InChI=1S/C13H20O3S/c1-4-17(14,15)7-5-6-16-13-9-11(2)8-12(3)10-13/h8-10H,4-7H2,1-3H3. The molecular formula is C13H20O3S. The van der Waals surface area contributed by atoms with Crippen molar-refractivity contribution in [1.82, 2.24) is 0 Å². The van der Waals surface area contributed by atoms with Crippen LogP contribution >= 0.6 is 0 Å². The minimum Gasteiger partial charge on any atom is -0.494 e. The second kappa shape index (κ2) is 6.05. The van der Waals surface area contributed by atoms with E-state index in [0.717, 1.165) is 16.9 Å². The largest absolute Gasteiger partial charge is 0.494 e. The molecule has 0 saturated carbocycles. The summed E-state index contributed by atoms with van der Waals surface area (Å²) in [5.41, 5.74) is 2.31. The van der Waals surface area contributed by atoms with Gasteiger partial charge >= 0.3 is 0 Å². The van der Waals surface area contributed by atoms with Gasteiger partial charge in [0.15, 0.2) is 0 Å². The molecule has 0 unspecified atom stereocenters. The Kier molecular flexibility index (Phi) is 5.00. The second-order valence-electron chi connectivity index (χ2n) is 4.26. The molecule has 3 nitrogen and oxygen atoms in total. The summed E-state index contributed by atoms with van der Waals surface area (Å²) in [6.07, 6.45) is 0.545. The molecule has 0 spiro atoms. The maximum absolute atomic E-state index is 11.3. The molecule has 0 aliphatic heterocycles. The number of benzene rings is 1. The Labute approximate surface area is 104 Å². The summed E-state index contributed by atoms with van der Waals surface area (Å²) in [4.78, 5) is 0. The zero-order chi connectivity index (χ0) is 12.9. The van der Waals surface area contributed by atoms with Crippen LogP contribution < -0.4 is 4.74 Å². The van der Waals surface area contributed by atoms with Crippen LogP contribution in [0.5, 0.6) is 5.75 Å². The zero-order valence-corrected chi connectivity index (χ0v) is 11.5.